The number of hydrogen-bond donors (Lipinski definition) is 0. The van der Waals surface area contributed by atoms with Crippen molar-refractivity contribution in [1.29, 1.82) is 0 Å². The Morgan fingerprint density at radius 1 is 1.44 bits per heavy atom. The van der Waals surface area contributed by atoms with Gasteiger partial charge in [-0.05, 0) is 12.1 Å². The summed E-state index contributed by atoms with van der Waals surface area (Å²) < 4.78 is 10.5. The normalized spacial score (nSPS) is 24.8. The van der Waals surface area contributed by atoms with Crippen LogP contribution in [0.25, 0.3) is 0 Å². The molecule has 0 bridgehead atoms. The van der Waals surface area contributed by atoms with Crippen molar-refractivity contribution in [1.82, 2.24) is 4.90 Å². The molecule has 1 fully saturated rings. The number of nitrogens with zero attached hydrogens (tertiary/aromatic N) is 1. The monoisotopic (exact) mass is 249 g/mol. The Morgan fingerprint density at radius 3 is 2.78 bits per heavy atom. The summed E-state index contributed by atoms with van der Waals surface area (Å²) >= 11 is 0. The molecule has 1 aliphatic rings. The van der Waals surface area contributed by atoms with Crippen LogP contribution in [0.2, 0.25) is 0 Å². The van der Waals surface area contributed by atoms with Crippen molar-refractivity contribution < 1.29 is 14.3 Å². The number of rotatable bonds is 3. The van der Waals surface area contributed by atoms with Gasteiger partial charge in [0, 0.05) is 6.54 Å². The predicted molar refractivity (Wildman–Crippen MR) is 68.2 cm³/mol. The van der Waals surface area contributed by atoms with Gasteiger partial charge in [0.05, 0.1) is 19.8 Å². The first-order valence-electron chi connectivity index (χ1n) is 6.26. The van der Waals surface area contributed by atoms with Crippen LogP contribution in [0.4, 0.5) is 0 Å². The quantitative estimate of drug-likeness (QED) is 0.763. The van der Waals surface area contributed by atoms with E-state index >= 15 is 0 Å². The van der Waals surface area contributed by atoms with Crippen molar-refractivity contribution in [3.8, 4) is 0 Å². The van der Waals surface area contributed by atoms with E-state index in [9.17, 15) is 4.79 Å². The second-order valence-corrected chi connectivity index (χ2v) is 4.30. The maximum atomic E-state index is 11.8. The van der Waals surface area contributed by atoms with Crippen LogP contribution >= 0.6 is 0 Å². The molecule has 0 spiro atoms. The Balaban J connectivity index is 2.31. The molecule has 1 aliphatic heterocycles. The fourth-order valence-corrected chi connectivity index (χ4v) is 2.42. The zero-order valence-electron chi connectivity index (χ0n) is 10.8. The Kier molecular flexibility index (Phi) is 4.33. The second kappa shape index (κ2) is 5.98. The van der Waals surface area contributed by atoms with Crippen LogP contribution in [0.3, 0.4) is 0 Å². The van der Waals surface area contributed by atoms with Gasteiger partial charge in [-0.1, -0.05) is 37.3 Å². The summed E-state index contributed by atoms with van der Waals surface area (Å²) in [5, 5.41) is 0. The van der Waals surface area contributed by atoms with Crippen LogP contribution in [0, 0.1) is 0 Å². The van der Waals surface area contributed by atoms with Crippen molar-refractivity contribution in [2.45, 2.75) is 19.1 Å². The van der Waals surface area contributed by atoms with Gasteiger partial charge in [-0.25, -0.2) is 4.79 Å². The maximum absolute atomic E-state index is 11.8. The van der Waals surface area contributed by atoms with Crippen LogP contribution in [0.5, 0.6) is 0 Å². The third kappa shape index (κ3) is 2.54. The topological polar surface area (TPSA) is 38.8 Å². The van der Waals surface area contributed by atoms with Crippen molar-refractivity contribution in [3.05, 3.63) is 35.9 Å². The number of morpholine rings is 1. The van der Waals surface area contributed by atoms with E-state index in [2.05, 4.69) is 11.8 Å². The number of carbonyl (C=O) groups excluding carboxylic acids is 1. The Morgan fingerprint density at radius 2 is 2.17 bits per heavy atom. The van der Waals surface area contributed by atoms with Crippen LogP contribution in [-0.2, 0) is 14.3 Å². The average molecular weight is 249 g/mol. The van der Waals surface area contributed by atoms with Gasteiger partial charge in [0.25, 0.3) is 0 Å². The summed E-state index contributed by atoms with van der Waals surface area (Å²) in [4.78, 5) is 14.1. The van der Waals surface area contributed by atoms with Crippen LogP contribution in [0.15, 0.2) is 30.3 Å². The smallest absolute Gasteiger partial charge is 0.336 e. The third-order valence-electron chi connectivity index (χ3n) is 3.34. The summed E-state index contributed by atoms with van der Waals surface area (Å²) in [5.74, 6) is -0.304. The lowest BCUT2D eigenvalue weighted by molar-refractivity contribution is -0.166. The molecule has 98 valence electrons. The van der Waals surface area contributed by atoms with Crippen LogP contribution in [0.1, 0.15) is 18.5 Å². The fraction of sp³-hybridized carbons (Fsp3) is 0.500. The summed E-state index contributed by atoms with van der Waals surface area (Å²) in [6, 6.07) is 9.92. The standard InChI is InChI=1S/C14H19NO3/c1-3-15-9-10-18-13(14(16)17-2)12(15)11-7-5-4-6-8-11/h4-8,12-13H,3,9-10H2,1-2H3. The van der Waals surface area contributed by atoms with E-state index in [1.165, 1.54) is 7.11 Å². The molecule has 2 atom stereocenters. The molecule has 1 heterocycles. The highest BCUT2D eigenvalue weighted by molar-refractivity contribution is 5.76. The number of likely N-dealkylation sites (N-methyl/N-ethyl adjacent to an activating group) is 1. The van der Waals surface area contributed by atoms with Gasteiger partial charge in [0.15, 0.2) is 6.10 Å². The van der Waals surface area contributed by atoms with Crippen LogP contribution < -0.4 is 0 Å². The minimum absolute atomic E-state index is 0.0580. The first-order chi connectivity index (χ1) is 8.77. The van der Waals surface area contributed by atoms with E-state index in [1.54, 1.807) is 0 Å². The van der Waals surface area contributed by atoms with Crippen molar-refractivity contribution in [2.24, 2.45) is 0 Å². The molecular formula is C14H19NO3. The molecule has 0 aliphatic carbocycles. The maximum Gasteiger partial charge on any atom is 0.336 e. The molecule has 1 aromatic rings. The number of hydrogen-bond acceptors (Lipinski definition) is 4. The van der Waals surface area contributed by atoms with E-state index in [0.29, 0.717) is 6.61 Å². The van der Waals surface area contributed by atoms with Crippen molar-refractivity contribution in [2.75, 3.05) is 26.8 Å². The highest BCUT2D eigenvalue weighted by atomic mass is 16.6. The zero-order chi connectivity index (χ0) is 13.0. The van der Waals surface area contributed by atoms with E-state index < -0.39 is 6.10 Å². The molecule has 2 rings (SSSR count). The lowest BCUT2D eigenvalue weighted by Gasteiger charge is -2.39. The van der Waals surface area contributed by atoms with E-state index in [1.807, 2.05) is 30.3 Å². The molecule has 4 heteroatoms. The summed E-state index contributed by atoms with van der Waals surface area (Å²) in [6.45, 7) is 4.38. The van der Waals surface area contributed by atoms with Gasteiger partial charge < -0.3 is 9.47 Å². The number of ether oxygens (including phenoxy) is 2. The summed E-state index contributed by atoms with van der Waals surface area (Å²) in [5.41, 5.74) is 1.09. The lowest BCUT2D eigenvalue weighted by atomic mass is 9.98. The van der Waals surface area contributed by atoms with Gasteiger partial charge >= 0.3 is 5.97 Å². The number of benzene rings is 1. The lowest BCUT2D eigenvalue weighted by Crippen LogP contribution is -2.48. The molecule has 2 unspecified atom stereocenters. The summed E-state index contributed by atoms with van der Waals surface area (Å²) in [6.07, 6.45) is -0.536. The number of carbonyl (C=O) groups is 1. The second-order valence-electron chi connectivity index (χ2n) is 4.30. The molecule has 1 saturated heterocycles. The van der Waals surface area contributed by atoms with Gasteiger partial charge in [-0.2, -0.15) is 0 Å². The molecule has 0 radical (unpaired) electrons. The molecule has 0 aromatic heterocycles. The molecule has 4 nitrogen and oxygen atoms in total. The highest BCUT2D eigenvalue weighted by Crippen LogP contribution is 2.29. The van der Waals surface area contributed by atoms with Crippen LogP contribution in [-0.4, -0.2) is 43.8 Å². The Labute approximate surface area is 107 Å². The van der Waals surface area contributed by atoms with Gasteiger partial charge in [0.1, 0.15) is 0 Å². The highest BCUT2D eigenvalue weighted by Gasteiger charge is 2.38. The Bertz CT molecular complexity index is 393. The van der Waals surface area contributed by atoms with Gasteiger partial charge in [0.2, 0.25) is 0 Å². The third-order valence-corrected chi connectivity index (χ3v) is 3.34. The first-order valence-corrected chi connectivity index (χ1v) is 6.26. The molecule has 0 saturated carbocycles. The number of esters is 1. The number of methoxy groups -OCH3 is 1. The zero-order valence-corrected chi connectivity index (χ0v) is 10.8. The molecule has 0 amide bonds. The van der Waals surface area contributed by atoms with Gasteiger partial charge in [-0.15, -0.1) is 0 Å². The molecule has 1 aromatic carbocycles. The minimum atomic E-state index is -0.536. The molecule has 18 heavy (non-hydrogen) atoms. The SMILES string of the molecule is CCN1CCOC(C(=O)OC)C1c1ccccc1. The predicted octanol–water partition coefficient (Wildman–Crippen LogP) is 1.62. The molecule has 0 N–H and O–H groups in total. The van der Waals surface area contributed by atoms with E-state index in [4.69, 9.17) is 9.47 Å². The Hall–Kier alpha value is -1.39. The van der Waals surface area contributed by atoms with E-state index in [0.717, 1.165) is 18.7 Å². The summed E-state index contributed by atoms with van der Waals surface area (Å²) in [7, 11) is 1.40. The van der Waals surface area contributed by atoms with Gasteiger partial charge in [-0.3, -0.25) is 4.90 Å². The molecular weight excluding hydrogens is 230 g/mol. The van der Waals surface area contributed by atoms with Crippen molar-refractivity contribution in [3.63, 3.8) is 0 Å². The minimum Gasteiger partial charge on any atom is -0.467 e. The fourth-order valence-electron chi connectivity index (χ4n) is 2.42. The average Bonchev–Trinajstić information content (AvgIpc) is 2.46. The largest absolute Gasteiger partial charge is 0.467 e. The van der Waals surface area contributed by atoms with E-state index in [-0.39, 0.29) is 12.0 Å². The first kappa shape index (κ1) is 13.1. The van der Waals surface area contributed by atoms with Crippen molar-refractivity contribution >= 4 is 5.97 Å².